The summed E-state index contributed by atoms with van der Waals surface area (Å²) >= 11 is 0. The first-order chi connectivity index (χ1) is 12.3. The van der Waals surface area contributed by atoms with Crippen molar-refractivity contribution >= 4 is 5.91 Å². The average Bonchev–Trinajstić information content (AvgIpc) is 3.19. The van der Waals surface area contributed by atoms with E-state index in [0.29, 0.717) is 6.04 Å². The van der Waals surface area contributed by atoms with E-state index in [0.717, 1.165) is 63.1 Å². The van der Waals surface area contributed by atoms with Crippen molar-refractivity contribution in [3.05, 3.63) is 48.0 Å². The van der Waals surface area contributed by atoms with Crippen LogP contribution in [0.1, 0.15) is 48.0 Å². The molecule has 0 radical (unpaired) electrons. The monoisotopic (exact) mass is 339 g/mol. The molecule has 3 heterocycles. The number of hydrogen-bond acceptors (Lipinski definition) is 3. The van der Waals surface area contributed by atoms with E-state index in [1.807, 2.05) is 30.7 Å². The van der Waals surface area contributed by atoms with E-state index in [9.17, 15) is 4.79 Å². The van der Waals surface area contributed by atoms with Gasteiger partial charge in [0.15, 0.2) is 0 Å². The number of likely N-dealkylation sites (tertiary alicyclic amines) is 1. The summed E-state index contributed by atoms with van der Waals surface area (Å²) in [6.45, 7) is 2.55. The molecule has 2 aliphatic rings. The second-order valence-corrected chi connectivity index (χ2v) is 7.01. The van der Waals surface area contributed by atoms with Gasteiger partial charge < -0.3 is 14.2 Å². The van der Waals surface area contributed by atoms with Crippen LogP contribution in [0.5, 0.6) is 5.75 Å². The number of ether oxygens (including phenoxy) is 1. The quantitative estimate of drug-likeness (QED) is 0.859. The second-order valence-electron chi connectivity index (χ2n) is 7.01. The van der Waals surface area contributed by atoms with Crippen molar-refractivity contribution in [2.45, 2.75) is 51.1 Å². The molecular formula is C20H25N3O2. The fourth-order valence-corrected chi connectivity index (χ4v) is 3.94. The lowest BCUT2D eigenvalue weighted by atomic mass is 9.97. The number of amides is 1. The van der Waals surface area contributed by atoms with Crippen molar-refractivity contribution in [2.24, 2.45) is 0 Å². The summed E-state index contributed by atoms with van der Waals surface area (Å²) in [6.07, 6.45) is 12.0. The third-order valence-corrected chi connectivity index (χ3v) is 5.32. The maximum absolute atomic E-state index is 13.1. The molecule has 4 rings (SSSR count). The Kier molecular flexibility index (Phi) is 4.72. The molecule has 2 aliphatic heterocycles. The molecule has 1 saturated heterocycles. The summed E-state index contributed by atoms with van der Waals surface area (Å²) < 4.78 is 7.76. The molecule has 0 aliphatic carbocycles. The minimum absolute atomic E-state index is 0.170. The van der Waals surface area contributed by atoms with E-state index in [1.165, 1.54) is 12.0 Å². The van der Waals surface area contributed by atoms with E-state index < -0.39 is 0 Å². The van der Waals surface area contributed by atoms with Crippen LogP contribution in [-0.4, -0.2) is 39.6 Å². The minimum Gasteiger partial charge on any atom is -0.493 e. The van der Waals surface area contributed by atoms with Gasteiger partial charge in [-0.3, -0.25) is 4.79 Å². The van der Waals surface area contributed by atoms with Gasteiger partial charge in [0.1, 0.15) is 5.75 Å². The molecule has 1 unspecified atom stereocenters. The van der Waals surface area contributed by atoms with Crippen molar-refractivity contribution in [1.29, 1.82) is 0 Å². The lowest BCUT2D eigenvalue weighted by Gasteiger charge is -2.36. The number of hydrogen-bond donors (Lipinski definition) is 0. The highest BCUT2D eigenvalue weighted by Gasteiger charge is 2.28. The Morgan fingerprint density at radius 3 is 3.12 bits per heavy atom. The summed E-state index contributed by atoms with van der Waals surface area (Å²) in [5, 5.41) is 0. The second kappa shape index (κ2) is 7.30. The number of aromatic nitrogens is 2. The van der Waals surface area contributed by atoms with Crippen LogP contribution in [-0.2, 0) is 13.0 Å². The molecule has 0 N–H and O–H groups in total. The van der Waals surface area contributed by atoms with E-state index in [-0.39, 0.29) is 5.91 Å². The van der Waals surface area contributed by atoms with Gasteiger partial charge in [-0.25, -0.2) is 4.98 Å². The fourth-order valence-electron chi connectivity index (χ4n) is 3.94. The van der Waals surface area contributed by atoms with Gasteiger partial charge in [-0.1, -0.05) is 0 Å². The maximum Gasteiger partial charge on any atom is 0.254 e. The standard InChI is InChI=1S/C20H25N3O2/c24-20(17-6-7-19-16(14-17)4-3-13-25-19)23-10-2-1-5-18(23)8-11-22-12-9-21-15-22/h6-7,9,12,14-15,18H,1-5,8,10-11,13H2. The number of imidazole rings is 1. The van der Waals surface area contributed by atoms with Crippen molar-refractivity contribution < 1.29 is 9.53 Å². The predicted octanol–water partition coefficient (Wildman–Crippen LogP) is 3.29. The zero-order valence-corrected chi connectivity index (χ0v) is 14.6. The first kappa shape index (κ1) is 16.2. The van der Waals surface area contributed by atoms with E-state index >= 15 is 0 Å². The Morgan fingerprint density at radius 2 is 2.24 bits per heavy atom. The number of carbonyl (C=O) groups excluding carboxylic acids is 1. The van der Waals surface area contributed by atoms with Crippen molar-refractivity contribution in [2.75, 3.05) is 13.2 Å². The van der Waals surface area contributed by atoms with Crippen LogP contribution >= 0.6 is 0 Å². The van der Waals surface area contributed by atoms with Gasteiger partial charge >= 0.3 is 0 Å². The number of fused-ring (bicyclic) bond motifs is 1. The van der Waals surface area contributed by atoms with Gasteiger partial charge in [-0.2, -0.15) is 0 Å². The van der Waals surface area contributed by atoms with Crippen molar-refractivity contribution in [3.63, 3.8) is 0 Å². The number of carbonyl (C=O) groups is 1. The number of benzene rings is 1. The lowest BCUT2D eigenvalue weighted by molar-refractivity contribution is 0.0595. The summed E-state index contributed by atoms with van der Waals surface area (Å²) in [7, 11) is 0. The zero-order valence-electron chi connectivity index (χ0n) is 14.6. The summed E-state index contributed by atoms with van der Waals surface area (Å²) in [5.74, 6) is 1.11. The van der Waals surface area contributed by atoms with Crippen LogP contribution in [0, 0.1) is 0 Å². The first-order valence-corrected chi connectivity index (χ1v) is 9.34. The molecule has 0 spiro atoms. The molecule has 5 heteroatoms. The van der Waals surface area contributed by atoms with Gasteiger partial charge in [0.05, 0.1) is 12.9 Å². The first-order valence-electron chi connectivity index (χ1n) is 9.34. The highest BCUT2D eigenvalue weighted by atomic mass is 16.5. The Hall–Kier alpha value is -2.30. The topological polar surface area (TPSA) is 47.4 Å². The number of piperidine rings is 1. The highest BCUT2D eigenvalue weighted by Crippen LogP contribution is 2.28. The Balaban J connectivity index is 1.48. The van der Waals surface area contributed by atoms with Crippen LogP contribution in [0.3, 0.4) is 0 Å². The van der Waals surface area contributed by atoms with E-state index in [4.69, 9.17) is 4.74 Å². The highest BCUT2D eigenvalue weighted by molar-refractivity contribution is 5.95. The molecule has 2 aromatic rings. The van der Waals surface area contributed by atoms with Crippen molar-refractivity contribution in [1.82, 2.24) is 14.5 Å². The van der Waals surface area contributed by atoms with Gasteiger partial charge in [0.25, 0.3) is 5.91 Å². The lowest BCUT2D eigenvalue weighted by Crippen LogP contribution is -2.44. The average molecular weight is 339 g/mol. The molecule has 1 atom stereocenters. The third-order valence-electron chi connectivity index (χ3n) is 5.32. The van der Waals surface area contributed by atoms with Crippen LogP contribution in [0.2, 0.25) is 0 Å². The third kappa shape index (κ3) is 3.55. The molecule has 1 fully saturated rings. The van der Waals surface area contributed by atoms with Crippen LogP contribution in [0.4, 0.5) is 0 Å². The normalized spacial score (nSPS) is 20.0. The SMILES string of the molecule is O=C(c1ccc2c(c1)CCCO2)N1CCCCC1CCn1ccnc1. The molecule has 25 heavy (non-hydrogen) atoms. The molecule has 1 amide bonds. The van der Waals surface area contributed by atoms with Gasteiger partial charge in [0.2, 0.25) is 0 Å². The molecule has 0 bridgehead atoms. The molecule has 1 aromatic carbocycles. The Morgan fingerprint density at radius 1 is 1.28 bits per heavy atom. The summed E-state index contributed by atoms with van der Waals surface area (Å²) in [6, 6.07) is 6.24. The van der Waals surface area contributed by atoms with Crippen LogP contribution in [0.25, 0.3) is 0 Å². The molecule has 5 nitrogen and oxygen atoms in total. The number of rotatable bonds is 4. The number of aryl methyl sites for hydroxylation is 2. The summed E-state index contributed by atoms with van der Waals surface area (Å²) in [4.78, 5) is 19.3. The van der Waals surface area contributed by atoms with Crippen LogP contribution in [0.15, 0.2) is 36.9 Å². The van der Waals surface area contributed by atoms with Gasteiger partial charge in [-0.05, 0) is 62.3 Å². The largest absolute Gasteiger partial charge is 0.493 e. The molecular weight excluding hydrogens is 314 g/mol. The van der Waals surface area contributed by atoms with Gasteiger partial charge in [0, 0.05) is 37.1 Å². The number of nitrogens with zero attached hydrogens (tertiary/aromatic N) is 3. The Bertz CT molecular complexity index is 727. The van der Waals surface area contributed by atoms with E-state index in [1.54, 1.807) is 6.20 Å². The predicted molar refractivity (Wildman–Crippen MR) is 95.8 cm³/mol. The Labute approximate surface area is 148 Å². The van der Waals surface area contributed by atoms with Crippen molar-refractivity contribution in [3.8, 4) is 5.75 Å². The minimum atomic E-state index is 0.170. The molecule has 0 saturated carbocycles. The van der Waals surface area contributed by atoms with E-state index in [2.05, 4.69) is 14.5 Å². The smallest absolute Gasteiger partial charge is 0.254 e. The summed E-state index contributed by atoms with van der Waals surface area (Å²) in [5.41, 5.74) is 1.97. The van der Waals surface area contributed by atoms with Crippen LogP contribution < -0.4 is 4.74 Å². The maximum atomic E-state index is 13.1. The molecule has 132 valence electrons. The van der Waals surface area contributed by atoms with Gasteiger partial charge in [-0.15, -0.1) is 0 Å². The molecule has 1 aromatic heterocycles. The fraction of sp³-hybridized carbons (Fsp3) is 0.500. The zero-order chi connectivity index (χ0) is 17.1.